The van der Waals surface area contributed by atoms with Crippen LogP contribution in [0.15, 0.2) is 28.9 Å². The Bertz CT molecular complexity index is 488. The monoisotopic (exact) mass is 216 g/mol. The standard InChI is InChI=1S/C13H16N2O/c1-9-4-13(8-14-6-9)15-7-12-5-10(2)16-11(12)3/h4-6,8,15H,7H2,1-3H3. The van der Waals surface area contributed by atoms with Crippen molar-refractivity contribution in [3.8, 4) is 0 Å². The molecule has 0 aliphatic rings. The Kier molecular flexibility index (Phi) is 2.95. The van der Waals surface area contributed by atoms with Crippen molar-refractivity contribution < 1.29 is 4.42 Å². The fourth-order valence-corrected chi connectivity index (χ4v) is 1.71. The van der Waals surface area contributed by atoms with Crippen molar-refractivity contribution in [3.63, 3.8) is 0 Å². The summed E-state index contributed by atoms with van der Waals surface area (Å²) >= 11 is 0. The summed E-state index contributed by atoms with van der Waals surface area (Å²) in [5.41, 5.74) is 3.39. The third-order valence-corrected chi connectivity index (χ3v) is 2.50. The van der Waals surface area contributed by atoms with Crippen LogP contribution in [0.1, 0.15) is 22.6 Å². The van der Waals surface area contributed by atoms with Gasteiger partial charge in [0.25, 0.3) is 0 Å². The van der Waals surface area contributed by atoms with E-state index in [0.717, 1.165) is 29.3 Å². The molecule has 84 valence electrons. The van der Waals surface area contributed by atoms with Gasteiger partial charge in [-0.25, -0.2) is 0 Å². The van der Waals surface area contributed by atoms with E-state index in [2.05, 4.69) is 22.4 Å². The highest BCUT2D eigenvalue weighted by Crippen LogP contribution is 2.16. The van der Waals surface area contributed by atoms with E-state index < -0.39 is 0 Å². The summed E-state index contributed by atoms with van der Waals surface area (Å²) in [6, 6.07) is 4.14. The summed E-state index contributed by atoms with van der Waals surface area (Å²) < 4.78 is 5.47. The number of nitrogens with zero attached hydrogens (tertiary/aromatic N) is 1. The smallest absolute Gasteiger partial charge is 0.106 e. The zero-order valence-electron chi connectivity index (χ0n) is 9.87. The Balaban J connectivity index is 2.05. The van der Waals surface area contributed by atoms with Crippen molar-refractivity contribution in [1.82, 2.24) is 4.98 Å². The molecule has 3 nitrogen and oxygen atoms in total. The Hall–Kier alpha value is -1.77. The zero-order chi connectivity index (χ0) is 11.5. The second-order valence-electron chi connectivity index (χ2n) is 4.04. The van der Waals surface area contributed by atoms with Gasteiger partial charge in [0.15, 0.2) is 0 Å². The van der Waals surface area contributed by atoms with Crippen LogP contribution in [0.5, 0.6) is 0 Å². The Morgan fingerprint density at radius 2 is 2.00 bits per heavy atom. The molecule has 0 fully saturated rings. The fraction of sp³-hybridized carbons (Fsp3) is 0.308. The minimum atomic E-state index is 0.772. The molecule has 16 heavy (non-hydrogen) atoms. The van der Waals surface area contributed by atoms with Gasteiger partial charge in [0.1, 0.15) is 11.5 Å². The van der Waals surface area contributed by atoms with Crippen molar-refractivity contribution in [2.75, 3.05) is 5.32 Å². The summed E-state index contributed by atoms with van der Waals surface area (Å²) in [4.78, 5) is 4.14. The van der Waals surface area contributed by atoms with Crippen LogP contribution in [0, 0.1) is 20.8 Å². The summed E-state index contributed by atoms with van der Waals surface area (Å²) in [5.74, 6) is 1.93. The fourth-order valence-electron chi connectivity index (χ4n) is 1.71. The van der Waals surface area contributed by atoms with Gasteiger partial charge in [-0.15, -0.1) is 0 Å². The maximum absolute atomic E-state index is 5.47. The maximum atomic E-state index is 5.47. The Labute approximate surface area is 95.5 Å². The number of pyridine rings is 1. The van der Waals surface area contributed by atoms with E-state index in [1.54, 1.807) is 0 Å². The van der Waals surface area contributed by atoms with Crippen molar-refractivity contribution in [1.29, 1.82) is 0 Å². The molecule has 0 atom stereocenters. The largest absolute Gasteiger partial charge is 0.466 e. The van der Waals surface area contributed by atoms with E-state index in [4.69, 9.17) is 4.42 Å². The molecule has 0 amide bonds. The van der Waals surface area contributed by atoms with Crippen LogP contribution < -0.4 is 5.32 Å². The lowest BCUT2D eigenvalue weighted by molar-refractivity contribution is 0.501. The van der Waals surface area contributed by atoms with Crippen molar-refractivity contribution in [2.24, 2.45) is 0 Å². The minimum absolute atomic E-state index is 0.772. The highest BCUT2D eigenvalue weighted by Gasteiger charge is 2.03. The Morgan fingerprint density at radius 3 is 2.62 bits per heavy atom. The van der Waals surface area contributed by atoms with Crippen molar-refractivity contribution >= 4 is 5.69 Å². The van der Waals surface area contributed by atoms with Crippen LogP contribution >= 0.6 is 0 Å². The quantitative estimate of drug-likeness (QED) is 0.856. The molecular formula is C13H16N2O. The molecule has 0 aliphatic carbocycles. The lowest BCUT2D eigenvalue weighted by Gasteiger charge is -2.05. The number of nitrogens with one attached hydrogen (secondary N) is 1. The van der Waals surface area contributed by atoms with E-state index in [9.17, 15) is 0 Å². The summed E-state index contributed by atoms with van der Waals surface area (Å²) in [6.07, 6.45) is 3.67. The summed E-state index contributed by atoms with van der Waals surface area (Å²) in [7, 11) is 0. The second kappa shape index (κ2) is 4.39. The molecule has 0 aromatic carbocycles. The number of aromatic nitrogens is 1. The number of hydrogen-bond donors (Lipinski definition) is 1. The summed E-state index contributed by atoms with van der Waals surface area (Å²) in [5, 5.41) is 3.33. The third-order valence-electron chi connectivity index (χ3n) is 2.50. The van der Waals surface area contributed by atoms with Gasteiger partial charge in [-0.05, 0) is 38.5 Å². The average molecular weight is 216 g/mol. The number of furan rings is 1. The van der Waals surface area contributed by atoms with Crippen LogP contribution in [0.4, 0.5) is 5.69 Å². The molecule has 1 N–H and O–H groups in total. The van der Waals surface area contributed by atoms with Gasteiger partial charge >= 0.3 is 0 Å². The lowest BCUT2D eigenvalue weighted by Crippen LogP contribution is -2.00. The average Bonchev–Trinajstić information content (AvgIpc) is 2.54. The first-order chi connectivity index (χ1) is 7.65. The number of rotatable bonds is 3. The summed E-state index contributed by atoms with van der Waals surface area (Å²) in [6.45, 7) is 6.75. The number of aryl methyl sites for hydroxylation is 3. The predicted molar refractivity (Wildman–Crippen MR) is 64.5 cm³/mol. The molecule has 2 aromatic rings. The molecular weight excluding hydrogens is 200 g/mol. The van der Waals surface area contributed by atoms with E-state index in [1.165, 1.54) is 5.56 Å². The van der Waals surface area contributed by atoms with Crippen molar-refractivity contribution in [2.45, 2.75) is 27.3 Å². The van der Waals surface area contributed by atoms with E-state index in [0.29, 0.717) is 0 Å². The number of hydrogen-bond acceptors (Lipinski definition) is 3. The van der Waals surface area contributed by atoms with Gasteiger partial charge in [-0.3, -0.25) is 4.98 Å². The van der Waals surface area contributed by atoms with Gasteiger partial charge in [-0.2, -0.15) is 0 Å². The molecule has 0 aliphatic heterocycles. The first-order valence-corrected chi connectivity index (χ1v) is 5.36. The molecule has 0 saturated heterocycles. The molecule has 0 saturated carbocycles. The van der Waals surface area contributed by atoms with Crippen LogP contribution in [0.25, 0.3) is 0 Å². The molecule has 2 aromatic heterocycles. The van der Waals surface area contributed by atoms with Gasteiger partial charge in [0.2, 0.25) is 0 Å². The highest BCUT2D eigenvalue weighted by molar-refractivity contribution is 5.43. The van der Waals surface area contributed by atoms with Crippen LogP contribution in [-0.2, 0) is 6.54 Å². The maximum Gasteiger partial charge on any atom is 0.106 e. The molecule has 0 unspecified atom stereocenters. The van der Waals surface area contributed by atoms with Gasteiger partial charge < -0.3 is 9.73 Å². The normalized spacial score (nSPS) is 10.4. The van der Waals surface area contributed by atoms with Gasteiger partial charge in [-0.1, -0.05) is 0 Å². The van der Waals surface area contributed by atoms with Gasteiger partial charge in [0.05, 0.1) is 5.69 Å². The van der Waals surface area contributed by atoms with Crippen molar-refractivity contribution in [3.05, 3.63) is 47.2 Å². The van der Waals surface area contributed by atoms with Crippen LogP contribution in [0.2, 0.25) is 0 Å². The van der Waals surface area contributed by atoms with E-state index in [1.807, 2.05) is 33.2 Å². The molecule has 0 radical (unpaired) electrons. The first-order valence-electron chi connectivity index (χ1n) is 5.36. The predicted octanol–water partition coefficient (Wildman–Crippen LogP) is 3.21. The second-order valence-corrected chi connectivity index (χ2v) is 4.04. The first kappa shape index (κ1) is 10.7. The molecule has 0 bridgehead atoms. The molecule has 2 heterocycles. The topological polar surface area (TPSA) is 38.1 Å². The molecule has 3 heteroatoms. The van der Waals surface area contributed by atoms with Crippen LogP contribution in [-0.4, -0.2) is 4.98 Å². The minimum Gasteiger partial charge on any atom is -0.466 e. The molecule has 0 spiro atoms. The van der Waals surface area contributed by atoms with Crippen LogP contribution in [0.3, 0.4) is 0 Å². The van der Waals surface area contributed by atoms with Gasteiger partial charge in [0, 0.05) is 24.5 Å². The van der Waals surface area contributed by atoms with E-state index >= 15 is 0 Å². The highest BCUT2D eigenvalue weighted by atomic mass is 16.3. The lowest BCUT2D eigenvalue weighted by atomic mass is 10.2. The Morgan fingerprint density at radius 1 is 1.19 bits per heavy atom. The molecule has 2 rings (SSSR count). The third kappa shape index (κ3) is 2.42. The zero-order valence-corrected chi connectivity index (χ0v) is 9.87. The number of anilines is 1. The SMILES string of the molecule is Cc1cncc(NCc2cc(C)oc2C)c1. The van der Waals surface area contributed by atoms with E-state index in [-0.39, 0.29) is 0 Å².